The number of nitrogens with zero attached hydrogens (tertiary/aromatic N) is 3. The summed E-state index contributed by atoms with van der Waals surface area (Å²) in [5.41, 5.74) is 0.691. The highest BCUT2D eigenvalue weighted by molar-refractivity contribution is 5.95. The molecule has 0 radical (unpaired) electrons. The Morgan fingerprint density at radius 1 is 1.38 bits per heavy atom. The van der Waals surface area contributed by atoms with Gasteiger partial charge in [0.2, 0.25) is 0 Å². The molecule has 0 aliphatic carbocycles. The number of furan rings is 1. The molecular formula is C17H18N4O3. The van der Waals surface area contributed by atoms with Crippen molar-refractivity contribution in [1.29, 1.82) is 0 Å². The van der Waals surface area contributed by atoms with E-state index in [2.05, 4.69) is 15.4 Å². The van der Waals surface area contributed by atoms with E-state index in [1.54, 1.807) is 36.1 Å². The molecule has 1 amide bonds. The van der Waals surface area contributed by atoms with Crippen molar-refractivity contribution in [3.63, 3.8) is 0 Å². The van der Waals surface area contributed by atoms with Crippen LogP contribution in [0.25, 0.3) is 5.69 Å². The summed E-state index contributed by atoms with van der Waals surface area (Å²) in [7, 11) is 0. The Morgan fingerprint density at radius 2 is 2.12 bits per heavy atom. The van der Waals surface area contributed by atoms with Crippen LogP contribution in [0.3, 0.4) is 0 Å². The first kappa shape index (κ1) is 15.9. The SMILES string of the molecule is Cc1c(C(=O)NCC(C)(O)c2ccco2)cnn1-c1ccncc1. The van der Waals surface area contributed by atoms with Gasteiger partial charge in [-0.1, -0.05) is 0 Å². The molecule has 0 fully saturated rings. The summed E-state index contributed by atoms with van der Waals surface area (Å²) in [5, 5.41) is 17.4. The maximum absolute atomic E-state index is 12.4. The molecule has 0 spiro atoms. The van der Waals surface area contributed by atoms with Crippen LogP contribution in [-0.4, -0.2) is 32.3 Å². The van der Waals surface area contributed by atoms with Gasteiger partial charge in [0.15, 0.2) is 0 Å². The number of amides is 1. The predicted octanol–water partition coefficient (Wildman–Crippen LogP) is 1.81. The standard InChI is InChI=1S/C17H18N4O3/c1-12-14(10-20-21(12)13-5-7-18-8-6-13)16(22)19-11-17(2,23)15-4-3-9-24-15/h3-10,23H,11H2,1-2H3,(H,19,22). The maximum atomic E-state index is 12.4. The molecule has 3 aromatic rings. The second-order valence-corrected chi connectivity index (χ2v) is 5.69. The minimum absolute atomic E-state index is 0.0270. The Balaban J connectivity index is 1.74. The first-order chi connectivity index (χ1) is 11.5. The summed E-state index contributed by atoms with van der Waals surface area (Å²) in [4.78, 5) is 16.4. The topological polar surface area (TPSA) is 93.2 Å². The molecule has 0 saturated carbocycles. The lowest BCUT2D eigenvalue weighted by atomic mass is 10.0. The monoisotopic (exact) mass is 326 g/mol. The van der Waals surface area contributed by atoms with Crippen LogP contribution in [0.5, 0.6) is 0 Å². The van der Waals surface area contributed by atoms with Crippen molar-refractivity contribution in [2.75, 3.05) is 6.54 Å². The highest BCUT2D eigenvalue weighted by Gasteiger charge is 2.27. The number of aromatic nitrogens is 3. The number of pyridine rings is 1. The fraction of sp³-hybridized carbons (Fsp3) is 0.235. The van der Waals surface area contributed by atoms with Gasteiger partial charge in [-0.05, 0) is 38.1 Å². The van der Waals surface area contributed by atoms with Crippen molar-refractivity contribution in [2.45, 2.75) is 19.4 Å². The molecule has 3 aromatic heterocycles. The van der Waals surface area contributed by atoms with Crippen LogP contribution < -0.4 is 5.32 Å². The molecule has 2 N–H and O–H groups in total. The van der Waals surface area contributed by atoms with E-state index in [1.165, 1.54) is 12.5 Å². The van der Waals surface area contributed by atoms with E-state index < -0.39 is 5.60 Å². The molecule has 124 valence electrons. The lowest BCUT2D eigenvalue weighted by Crippen LogP contribution is -2.38. The van der Waals surface area contributed by atoms with Crippen LogP contribution in [0.1, 0.15) is 28.7 Å². The van der Waals surface area contributed by atoms with Crippen LogP contribution in [0.2, 0.25) is 0 Å². The molecule has 3 heterocycles. The Labute approximate surface area is 138 Å². The Bertz CT molecular complexity index is 823. The highest BCUT2D eigenvalue weighted by Crippen LogP contribution is 2.20. The zero-order valence-electron chi connectivity index (χ0n) is 13.4. The second-order valence-electron chi connectivity index (χ2n) is 5.69. The Morgan fingerprint density at radius 3 is 2.79 bits per heavy atom. The van der Waals surface area contributed by atoms with Gasteiger partial charge < -0.3 is 14.8 Å². The third kappa shape index (κ3) is 3.07. The van der Waals surface area contributed by atoms with Gasteiger partial charge >= 0.3 is 0 Å². The Hall–Kier alpha value is -2.93. The molecular weight excluding hydrogens is 308 g/mol. The van der Waals surface area contributed by atoms with Crippen LogP contribution in [0, 0.1) is 6.92 Å². The van der Waals surface area contributed by atoms with Gasteiger partial charge in [-0.3, -0.25) is 9.78 Å². The van der Waals surface area contributed by atoms with Gasteiger partial charge in [-0.2, -0.15) is 5.10 Å². The lowest BCUT2D eigenvalue weighted by molar-refractivity contribution is 0.0330. The maximum Gasteiger partial charge on any atom is 0.254 e. The highest BCUT2D eigenvalue weighted by atomic mass is 16.4. The molecule has 0 aromatic carbocycles. The Kier molecular flexibility index (Phi) is 4.18. The number of carbonyl (C=O) groups excluding carboxylic acids is 1. The van der Waals surface area contributed by atoms with Gasteiger partial charge in [0, 0.05) is 12.4 Å². The van der Waals surface area contributed by atoms with Gasteiger partial charge in [0.05, 0.1) is 35.9 Å². The summed E-state index contributed by atoms with van der Waals surface area (Å²) in [6.45, 7) is 3.42. The summed E-state index contributed by atoms with van der Waals surface area (Å²) in [5.74, 6) is 0.0895. The van der Waals surface area contributed by atoms with Crippen molar-refractivity contribution >= 4 is 5.91 Å². The van der Waals surface area contributed by atoms with Crippen molar-refractivity contribution in [3.05, 3.63) is 66.1 Å². The zero-order chi connectivity index (χ0) is 17.2. The summed E-state index contributed by atoms with van der Waals surface area (Å²) >= 11 is 0. The van der Waals surface area contributed by atoms with E-state index in [0.29, 0.717) is 17.0 Å². The average molecular weight is 326 g/mol. The van der Waals surface area contributed by atoms with Gasteiger partial charge in [-0.25, -0.2) is 4.68 Å². The van der Waals surface area contributed by atoms with Crippen molar-refractivity contribution in [1.82, 2.24) is 20.1 Å². The number of rotatable bonds is 5. The van der Waals surface area contributed by atoms with Crippen molar-refractivity contribution in [3.8, 4) is 5.69 Å². The van der Waals surface area contributed by atoms with Crippen LogP contribution in [-0.2, 0) is 5.60 Å². The number of hydrogen-bond acceptors (Lipinski definition) is 5. The molecule has 1 atom stereocenters. The average Bonchev–Trinajstić information content (AvgIpc) is 3.24. The van der Waals surface area contributed by atoms with E-state index >= 15 is 0 Å². The number of nitrogens with one attached hydrogen (secondary N) is 1. The molecule has 7 heteroatoms. The van der Waals surface area contributed by atoms with E-state index in [1.807, 2.05) is 19.1 Å². The van der Waals surface area contributed by atoms with Gasteiger partial charge in [-0.15, -0.1) is 0 Å². The zero-order valence-corrected chi connectivity index (χ0v) is 13.4. The van der Waals surface area contributed by atoms with E-state index in [4.69, 9.17) is 4.42 Å². The first-order valence-electron chi connectivity index (χ1n) is 7.48. The van der Waals surface area contributed by atoms with Gasteiger partial charge in [0.1, 0.15) is 11.4 Å². The van der Waals surface area contributed by atoms with Crippen LogP contribution >= 0.6 is 0 Å². The van der Waals surface area contributed by atoms with E-state index in [0.717, 1.165) is 5.69 Å². The third-order valence-corrected chi connectivity index (χ3v) is 3.81. The molecule has 24 heavy (non-hydrogen) atoms. The van der Waals surface area contributed by atoms with Crippen LogP contribution in [0.4, 0.5) is 0 Å². The largest absolute Gasteiger partial charge is 0.466 e. The molecule has 7 nitrogen and oxygen atoms in total. The molecule has 0 bridgehead atoms. The second kappa shape index (κ2) is 6.29. The van der Waals surface area contributed by atoms with Crippen molar-refractivity contribution in [2.24, 2.45) is 0 Å². The lowest BCUT2D eigenvalue weighted by Gasteiger charge is -2.21. The quantitative estimate of drug-likeness (QED) is 0.746. The molecule has 0 saturated heterocycles. The summed E-state index contributed by atoms with van der Waals surface area (Å²) in [6.07, 6.45) is 6.31. The van der Waals surface area contributed by atoms with Crippen LogP contribution in [0.15, 0.2) is 53.5 Å². The molecule has 0 aliphatic rings. The van der Waals surface area contributed by atoms with Crippen molar-refractivity contribution < 1.29 is 14.3 Å². The number of aliphatic hydroxyl groups is 1. The summed E-state index contributed by atoms with van der Waals surface area (Å²) in [6, 6.07) is 6.97. The number of hydrogen-bond donors (Lipinski definition) is 2. The van der Waals surface area contributed by atoms with Gasteiger partial charge in [0.25, 0.3) is 5.91 Å². The fourth-order valence-corrected chi connectivity index (χ4v) is 2.40. The first-order valence-corrected chi connectivity index (χ1v) is 7.48. The summed E-state index contributed by atoms with van der Waals surface area (Å²) < 4.78 is 6.87. The smallest absolute Gasteiger partial charge is 0.254 e. The van der Waals surface area contributed by atoms with E-state index in [9.17, 15) is 9.90 Å². The van der Waals surface area contributed by atoms with E-state index in [-0.39, 0.29) is 12.5 Å². The molecule has 0 aliphatic heterocycles. The predicted molar refractivity (Wildman–Crippen MR) is 86.7 cm³/mol. The fourth-order valence-electron chi connectivity index (χ4n) is 2.40. The minimum Gasteiger partial charge on any atom is -0.466 e. The minimum atomic E-state index is -1.28. The third-order valence-electron chi connectivity index (χ3n) is 3.81. The molecule has 3 rings (SSSR count). The molecule has 1 unspecified atom stereocenters. The number of carbonyl (C=O) groups is 1. The normalized spacial score (nSPS) is 13.5.